The van der Waals surface area contributed by atoms with Crippen molar-refractivity contribution in [2.24, 2.45) is 0 Å². The summed E-state index contributed by atoms with van der Waals surface area (Å²) in [4.78, 5) is 13.2. The van der Waals surface area contributed by atoms with E-state index in [1.165, 1.54) is 0 Å². The molecule has 0 aliphatic carbocycles. The van der Waals surface area contributed by atoms with Crippen LogP contribution in [-0.2, 0) is 6.54 Å². The fourth-order valence-corrected chi connectivity index (χ4v) is 3.75. The molecule has 3 heterocycles. The average Bonchev–Trinajstić information content (AvgIpc) is 3.18. The van der Waals surface area contributed by atoms with Crippen LogP contribution in [0.3, 0.4) is 0 Å². The van der Waals surface area contributed by atoms with Gasteiger partial charge in [-0.05, 0) is 23.9 Å². The van der Waals surface area contributed by atoms with Crippen LogP contribution in [0, 0.1) is 12.3 Å². The summed E-state index contributed by atoms with van der Waals surface area (Å²) in [6.07, 6.45) is 1.64. The van der Waals surface area contributed by atoms with Crippen molar-refractivity contribution in [3.8, 4) is 11.4 Å². The largest absolute Gasteiger partial charge is 0.334 e. The Bertz CT molecular complexity index is 1090. The predicted octanol–water partition coefficient (Wildman–Crippen LogP) is 3.98. The highest BCUT2D eigenvalue weighted by Gasteiger charge is 2.13. The molecular formula is C17H14ClN5S. The summed E-state index contributed by atoms with van der Waals surface area (Å²) in [6, 6.07) is 9.92. The molecule has 3 aromatic heterocycles. The molecule has 0 spiro atoms. The first kappa shape index (κ1) is 15.1. The van der Waals surface area contributed by atoms with Crippen LogP contribution in [-0.4, -0.2) is 19.5 Å². The molecule has 0 aliphatic heterocycles. The molecule has 120 valence electrons. The number of hydrogen-bond acceptors (Lipinski definition) is 4. The molecule has 0 fully saturated rings. The second-order valence-corrected chi connectivity index (χ2v) is 6.92. The van der Waals surface area contributed by atoms with Crippen LogP contribution in [0.25, 0.3) is 22.6 Å². The Morgan fingerprint density at radius 1 is 1.29 bits per heavy atom. The van der Waals surface area contributed by atoms with Gasteiger partial charge in [-0.3, -0.25) is 5.41 Å². The minimum absolute atomic E-state index is 0.186. The van der Waals surface area contributed by atoms with Gasteiger partial charge in [-0.15, -0.1) is 11.3 Å². The zero-order valence-corrected chi connectivity index (χ0v) is 14.4. The van der Waals surface area contributed by atoms with Gasteiger partial charge in [-0.1, -0.05) is 35.9 Å². The molecule has 0 aliphatic rings. The van der Waals surface area contributed by atoms with E-state index in [2.05, 4.69) is 9.97 Å². The molecule has 0 bridgehead atoms. The van der Waals surface area contributed by atoms with E-state index in [1.807, 2.05) is 47.2 Å². The molecule has 0 atom stereocenters. The standard InChI is InChI=1S/C17H14ClN5S/c1-10-4-2-3-5-11(10)16-21-14-15(19)20-9-23(17(14)22-16)8-13-12(18)6-7-24-13/h2-7,9,19H,8H2,1H3,(H,21,22). The number of nitrogens with one attached hydrogen (secondary N) is 2. The summed E-state index contributed by atoms with van der Waals surface area (Å²) in [5.41, 5.74) is 3.67. The number of thiophene rings is 1. The van der Waals surface area contributed by atoms with E-state index in [1.54, 1.807) is 17.7 Å². The fraction of sp³-hybridized carbons (Fsp3) is 0.118. The van der Waals surface area contributed by atoms with Crippen molar-refractivity contribution in [1.29, 1.82) is 5.41 Å². The predicted molar refractivity (Wildman–Crippen MR) is 96.3 cm³/mol. The second kappa shape index (κ2) is 5.89. The molecule has 0 saturated heterocycles. The van der Waals surface area contributed by atoms with Gasteiger partial charge in [0.05, 0.1) is 17.9 Å². The van der Waals surface area contributed by atoms with Gasteiger partial charge in [0.15, 0.2) is 11.1 Å². The maximum atomic E-state index is 8.06. The minimum atomic E-state index is 0.186. The SMILES string of the molecule is Cc1ccccc1-c1nc2c([nH]1)c(=N)ncn2Cc1sccc1Cl. The Morgan fingerprint density at radius 3 is 2.88 bits per heavy atom. The number of nitrogens with zero attached hydrogens (tertiary/aromatic N) is 3. The Kier molecular flexibility index (Phi) is 3.70. The van der Waals surface area contributed by atoms with Gasteiger partial charge in [-0.25, -0.2) is 9.97 Å². The number of aromatic nitrogens is 4. The number of benzene rings is 1. The van der Waals surface area contributed by atoms with Crippen LogP contribution in [0.4, 0.5) is 0 Å². The highest BCUT2D eigenvalue weighted by Crippen LogP contribution is 2.25. The third-order valence-corrected chi connectivity index (χ3v) is 5.30. The summed E-state index contributed by atoms with van der Waals surface area (Å²) in [5, 5.41) is 10.8. The van der Waals surface area contributed by atoms with Gasteiger partial charge in [0, 0.05) is 10.4 Å². The Balaban J connectivity index is 1.88. The molecular weight excluding hydrogens is 342 g/mol. The third-order valence-electron chi connectivity index (χ3n) is 3.92. The lowest BCUT2D eigenvalue weighted by molar-refractivity contribution is 0.794. The average molecular weight is 356 g/mol. The number of hydrogen-bond donors (Lipinski definition) is 2. The lowest BCUT2D eigenvalue weighted by Gasteiger charge is -2.05. The first-order valence-corrected chi connectivity index (χ1v) is 8.67. The van der Waals surface area contributed by atoms with Gasteiger partial charge in [0.2, 0.25) is 0 Å². The summed E-state index contributed by atoms with van der Waals surface area (Å²) >= 11 is 7.80. The highest BCUT2D eigenvalue weighted by molar-refractivity contribution is 7.10. The fourth-order valence-electron chi connectivity index (χ4n) is 2.66. The summed E-state index contributed by atoms with van der Waals surface area (Å²) in [6.45, 7) is 2.63. The van der Waals surface area contributed by atoms with E-state index in [0.717, 1.165) is 26.9 Å². The number of imidazole rings is 1. The Labute approximate surface area is 147 Å². The summed E-state index contributed by atoms with van der Waals surface area (Å²) in [5.74, 6) is 0.746. The molecule has 0 amide bonds. The van der Waals surface area contributed by atoms with Crippen molar-refractivity contribution in [2.45, 2.75) is 13.5 Å². The molecule has 4 aromatic rings. The van der Waals surface area contributed by atoms with Gasteiger partial charge in [-0.2, -0.15) is 0 Å². The number of aryl methyl sites for hydroxylation is 1. The monoisotopic (exact) mass is 355 g/mol. The van der Waals surface area contributed by atoms with Gasteiger partial charge >= 0.3 is 0 Å². The zero-order valence-electron chi connectivity index (χ0n) is 12.9. The topological polar surface area (TPSA) is 70.3 Å². The van der Waals surface area contributed by atoms with Crippen molar-refractivity contribution in [2.75, 3.05) is 0 Å². The van der Waals surface area contributed by atoms with Crippen molar-refractivity contribution < 1.29 is 0 Å². The molecule has 0 unspecified atom stereocenters. The van der Waals surface area contributed by atoms with Crippen LogP contribution in [0.15, 0.2) is 42.0 Å². The minimum Gasteiger partial charge on any atom is -0.334 e. The molecule has 1 aromatic carbocycles. The van der Waals surface area contributed by atoms with Crippen molar-refractivity contribution in [3.05, 3.63) is 63.0 Å². The van der Waals surface area contributed by atoms with Crippen LogP contribution in [0.1, 0.15) is 10.4 Å². The number of aromatic amines is 1. The van der Waals surface area contributed by atoms with Gasteiger partial charge < -0.3 is 9.55 Å². The molecule has 0 saturated carbocycles. The maximum Gasteiger partial charge on any atom is 0.173 e. The van der Waals surface area contributed by atoms with E-state index in [0.29, 0.717) is 17.7 Å². The number of rotatable bonds is 3. The van der Waals surface area contributed by atoms with E-state index >= 15 is 0 Å². The van der Waals surface area contributed by atoms with Crippen molar-refractivity contribution >= 4 is 34.1 Å². The normalized spacial score (nSPS) is 11.2. The van der Waals surface area contributed by atoms with Crippen LogP contribution in [0.2, 0.25) is 5.02 Å². The van der Waals surface area contributed by atoms with Gasteiger partial charge in [0.25, 0.3) is 0 Å². The van der Waals surface area contributed by atoms with Crippen molar-refractivity contribution in [1.82, 2.24) is 19.5 Å². The molecule has 24 heavy (non-hydrogen) atoms. The molecule has 5 nitrogen and oxygen atoms in total. The quantitative estimate of drug-likeness (QED) is 0.583. The van der Waals surface area contributed by atoms with E-state index < -0.39 is 0 Å². The van der Waals surface area contributed by atoms with Gasteiger partial charge in [0.1, 0.15) is 11.3 Å². The van der Waals surface area contributed by atoms with E-state index in [-0.39, 0.29) is 5.49 Å². The number of H-pyrrole nitrogens is 1. The lowest BCUT2D eigenvalue weighted by atomic mass is 10.1. The van der Waals surface area contributed by atoms with E-state index in [9.17, 15) is 0 Å². The molecule has 0 radical (unpaired) electrons. The smallest absolute Gasteiger partial charge is 0.173 e. The van der Waals surface area contributed by atoms with Crippen LogP contribution < -0.4 is 5.49 Å². The van der Waals surface area contributed by atoms with Crippen LogP contribution >= 0.6 is 22.9 Å². The van der Waals surface area contributed by atoms with E-state index in [4.69, 9.17) is 22.0 Å². The van der Waals surface area contributed by atoms with Crippen molar-refractivity contribution in [3.63, 3.8) is 0 Å². The number of fused-ring (bicyclic) bond motifs is 1. The Morgan fingerprint density at radius 2 is 2.12 bits per heavy atom. The second-order valence-electron chi connectivity index (χ2n) is 5.51. The maximum absolute atomic E-state index is 8.06. The zero-order chi connectivity index (χ0) is 16.7. The summed E-state index contributed by atoms with van der Waals surface area (Å²) in [7, 11) is 0. The Hall–Kier alpha value is -2.44. The third kappa shape index (κ3) is 2.53. The lowest BCUT2D eigenvalue weighted by Crippen LogP contribution is -2.12. The van der Waals surface area contributed by atoms with Crippen LogP contribution in [0.5, 0.6) is 0 Å². The molecule has 7 heteroatoms. The first-order chi connectivity index (χ1) is 11.6. The molecule has 2 N–H and O–H groups in total. The summed E-state index contributed by atoms with van der Waals surface area (Å²) < 4.78 is 1.92. The number of halogens is 1. The first-order valence-electron chi connectivity index (χ1n) is 7.41. The molecule has 4 rings (SSSR count). The highest BCUT2D eigenvalue weighted by atomic mass is 35.5.